The van der Waals surface area contributed by atoms with Crippen molar-refractivity contribution in [3.8, 4) is 6.07 Å². The molecule has 5 nitrogen and oxygen atoms in total. The summed E-state index contributed by atoms with van der Waals surface area (Å²) in [7, 11) is 1.96. The van der Waals surface area contributed by atoms with Gasteiger partial charge < -0.3 is 10.6 Å². The second-order valence-corrected chi connectivity index (χ2v) is 6.17. The molecule has 2 aliphatic rings. The van der Waals surface area contributed by atoms with Gasteiger partial charge in [-0.05, 0) is 26.3 Å². The lowest BCUT2D eigenvalue weighted by Crippen LogP contribution is -2.50. The van der Waals surface area contributed by atoms with Gasteiger partial charge in [-0.3, -0.25) is 9.69 Å². The number of rotatable bonds is 4. The van der Waals surface area contributed by atoms with Crippen molar-refractivity contribution in [2.24, 2.45) is 0 Å². The molecule has 5 heteroatoms. The Morgan fingerprint density at radius 2 is 2.05 bits per heavy atom. The summed E-state index contributed by atoms with van der Waals surface area (Å²) in [5.74, 6) is 0.00482. The topological polar surface area (TPSA) is 68.2 Å². The molecule has 1 saturated heterocycles. The van der Waals surface area contributed by atoms with Gasteiger partial charge in [0.15, 0.2) is 0 Å². The van der Waals surface area contributed by atoms with Crippen molar-refractivity contribution in [1.29, 1.82) is 5.26 Å². The van der Waals surface area contributed by atoms with E-state index in [4.69, 9.17) is 0 Å². The summed E-state index contributed by atoms with van der Waals surface area (Å²) < 4.78 is 0. The second-order valence-electron chi connectivity index (χ2n) is 6.17. The highest BCUT2D eigenvalue weighted by Crippen LogP contribution is 2.26. The molecule has 2 fully saturated rings. The Bertz CT molecular complexity index is 369. The van der Waals surface area contributed by atoms with Gasteiger partial charge in [-0.2, -0.15) is 5.26 Å². The Labute approximate surface area is 121 Å². The van der Waals surface area contributed by atoms with Crippen LogP contribution in [-0.2, 0) is 4.79 Å². The Morgan fingerprint density at radius 3 is 2.60 bits per heavy atom. The Hall–Kier alpha value is -1.12. The molecule has 0 radical (unpaired) electrons. The molecule has 0 bridgehead atoms. The Kier molecular flexibility index (Phi) is 5.38. The fourth-order valence-electron chi connectivity index (χ4n) is 3.32. The first kappa shape index (κ1) is 15.3. The lowest BCUT2D eigenvalue weighted by Gasteiger charge is -2.27. The Morgan fingerprint density at radius 1 is 1.35 bits per heavy atom. The largest absolute Gasteiger partial charge is 0.337 e. The van der Waals surface area contributed by atoms with Crippen molar-refractivity contribution in [1.82, 2.24) is 15.5 Å². The second kappa shape index (κ2) is 7.05. The van der Waals surface area contributed by atoms with Crippen molar-refractivity contribution in [3.05, 3.63) is 0 Å². The summed E-state index contributed by atoms with van der Waals surface area (Å²) in [6.45, 7) is 2.30. The molecule has 0 aromatic rings. The van der Waals surface area contributed by atoms with E-state index in [1.807, 2.05) is 7.05 Å². The van der Waals surface area contributed by atoms with Crippen LogP contribution >= 0.6 is 0 Å². The fraction of sp³-hybridized carbons (Fsp3) is 0.867. The van der Waals surface area contributed by atoms with Gasteiger partial charge in [-0.1, -0.05) is 25.7 Å². The molecule has 20 heavy (non-hydrogen) atoms. The fourth-order valence-corrected chi connectivity index (χ4v) is 3.32. The van der Waals surface area contributed by atoms with Crippen molar-refractivity contribution in [2.75, 3.05) is 26.7 Å². The third-order valence-corrected chi connectivity index (χ3v) is 4.60. The average molecular weight is 278 g/mol. The zero-order chi connectivity index (χ0) is 14.4. The molecule has 0 aromatic heterocycles. The van der Waals surface area contributed by atoms with E-state index in [1.165, 1.54) is 12.8 Å². The van der Waals surface area contributed by atoms with E-state index in [0.29, 0.717) is 12.6 Å². The number of nitrogens with one attached hydrogen (secondary N) is 2. The number of hydrogen-bond acceptors (Lipinski definition) is 4. The van der Waals surface area contributed by atoms with Crippen LogP contribution in [0.3, 0.4) is 0 Å². The van der Waals surface area contributed by atoms with Crippen LogP contribution in [0.5, 0.6) is 0 Å². The third-order valence-electron chi connectivity index (χ3n) is 4.60. The molecule has 0 spiro atoms. The monoisotopic (exact) mass is 278 g/mol. The van der Waals surface area contributed by atoms with E-state index >= 15 is 0 Å². The van der Waals surface area contributed by atoms with Crippen LogP contribution in [0, 0.1) is 11.3 Å². The van der Waals surface area contributed by atoms with Gasteiger partial charge in [-0.25, -0.2) is 0 Å². The van der Waals surface area contributed by atoms with Crippen LogP contribution in [-0.4, -0.2) is 49.1 Å². The van der Waals surface area contributed by atoms with Crippen LogP contribution in [0.1, 0.15) is 44.9 Å². The van der Waals surface area contributed by atoms with E-state index in [2.05, 4.69) is 21.6 Å². The minimum atomic E-state index is -0.615. The minimum Gasteiger partial charge on any atom is -0.337 e. The summed E-state index contributed by atoms with van der Waals surface area (Å²) >= 11 is 0. The number of likely N-dealkylation sites (N-methyl/N-ethyl adjacent to an activating group) is 1. The van der Waals surface area contributed by atoms with Gasteiger partial charge in [0.05, 0.1) is 12.6 Å². The van der Waals surface area contributed by atoms with Gasteiger partial charge in [-0.15, -0.1) is 0 Å². The van der Waals surface area contributed by atoms with Crippen LogP contribution in [0.4, 0.5) is 0 Å². The van der Waals surface area contributed by atoms with Gasteiger partial charge in [0, 0.05) is 19.1 Å². The van der Waals surface area contributed by atoms with Crippen molar-refractivity contribution < 1.29 is 4.79 Å². The molecule has 1 atom stereocenters. The van der Waals surface area contributed by atoms with Crippen LogP contribution < -0.4 is 10.6 Å². The highest BCUT2D eigenvalue weighted by molar-refractivity contribution is 5.79. The van der Waals surface area contributed by atoms with Crippen molar-refractivity contribution >= 4 is 5.91 Å². The average Bonchev–Trinajstić information content (AvgIpc) is 2.76. The van der Waals surface area contributed by atoms with Crippen LogP contribution in [0.25, 0.3) is 0 Å². The highest BCUT2D eigenvalue weighted by atomic mass is 16.2. The third kappa shape index (κ3) is 3.94. The highest BCUT2D eigenvalue weighted by Gasteiger charge is 2.33. The summed E-state index contributed by atoms with van der Waals surface area (Å²) in [6, 6.07) is 2.86. The lowest BCUT2D eigenvalue weighted by molar-refractivity contribution is -0.123. The van der Waals surface area contributed by atoms with Gasteiger partial charge in [0.2, 0.25) is 5.91 Å². The maximum atomic E-state index is 12.2. The molecule has 112 valence electrons. The molecule has 1 amide bonds. The number of amides is 1. The van der Waals surface area contributed by atoms with Gasteiger partial charge >= 0.3 is 0 Å². The predicted molar refractivity (Wildman–Crippen MR) is 78.1 cm³/mol. The van der Waals surface area contributed by atoms with Gasteiger partial charge in [0.25, 0.3) is 0 Å². The SMILES string of the molecule is CNC1CCN(CC(=O)NC2(C#N)CCCCCC2)C1. The molecule has 0 aromatic carbocycles. The van der Waals surface area contributed by atoms with Gasteiger partial charge in [0.1, 0.15) is 5.54 Å². The molecular weight excluding hydrogens is 252 g/mol. The first-order chi connectivity index (χ1) is 9.67. The van der Waals surface area contributed by atoms with E-state index in [0.717, 1.165) is 45.2 Å². The first-order valence-corrected chi connectivity index (χ1v) is 7.79. The molecular formula is C15H26N4O. The smallest absolute Gasteiger partial charge is 0.235 e. The Balaban J connectivity index is 1.85. The van der Waals surface area contributed by atoms with E-state index in [9.17, 15) is 10.1 Å². The molecule has 2 rings (SSSR count). The van der Waals surface area contributed by atoms with Crippen LogP contribution in [0.15, 0.2) is 0 Å². The van der Waals surface area contributed by atoms with Crippen molar-refractivity contribution in [3.63, 3.8) is 0 Å². The number of nitrogens with zero attached hydrogens (tertiary/aromatic N) is 2. The summed E-state index contributed by atoms with van der Waals surface area (Å²) in [6.07, 6.45) is 7.12. The number of hydrogen-bond donors (Lipinski definition) is 2. The maximum Gasteiger partial charge on any atom is 0.235 e. The lowest BCUT2D eigenvalue weighted by atomic mass is 9.92. The maximum absolute atomic E-state index is 12.2. The first-order valence-electron chi connectivity index (χ1n) is 7.79. The zero-order valence-corrected chi connectivity index (χ0v) is 12.5. The standard InChI is InChI=1S/C15H26N4O/c1-17-13-6-9-19(10-13)11-14(20)18-15(12-16)7-4-2-3-5-8-15/h13,17H,2-11H2,1H3,(H,18,20). The summed E-state index contributed by atoms with van der Waals surface area (Å²) in [4.78, 5) is 14.4. The normalized spacial score (nSPS) is 26.7. The number of likely N-dealkylation sites (tertiary alicyclic amines) is 1. The van der Waals surface area contributed by atoms with E-state index in [1.54, 1.807) is 0 Å². The molecule has 1 aliphatic carbocycles. The van der Waals surface area contributed by atoms with Crippen LogP contribution in [0.2, 0.25) is 0 Å². The molecule has 1 unspecified atom stereocenters. The molecule has 1 saturated carbocycles. The predicted octanol–water partition coefficient (Wildman–Crippen LogP) is 1.01. The summed E-state index contributed by atoms with van der Waals surface area (Å²) in [5.41, 5.74) is -0.615. The minimum absolute atomic E-state index is 0.00482. The summed E-state index contributed by atoms with van der Waals surface area (Å²) in [5, 5.41) is 15.7. The number of carbonyl (C=O) groups is 1. The molecule has 1 heterocycles. The zero-order valence-electron chi connectivity index (χ0n) is 12.5. The number of carbonyl (C=O) groups excluding carboxylic acids is 1. The van der Waals surface area contributed by atoms with E-state index < -0.39 is 5.54 Å². The quantitative estimate of drug-likeness (QED) is 0.753. The number of nitriles is 1. The molecule has 1 aliphatic heterocycles. The van der Waals surface area contributed by atoms with E-state index in [-0.39, 0.29) is 5.91 Å². The molecule has 2 N–H and O–H groups in total. The van der Waals surface area contributed by atoms with Crippen molar-refractivity contribution in [2.45, 2.75) is 56.5 Å².